The number of benzene rings is 1. The Labute approximate surface area is 99.8 Å². The first kappa shape index (κ1) is 10.3. The number of hydrogen-bond acceptors (Lipinski definition) is 3. The number of hydrogen-bond donors (Lipinski definition) is 0. The highest BCUT2D eigenvalue weighted by Gasteiger charge is 2.49. The van der Waals surface area contributed by atoms with Gasteiger partial charge in [-0.25, -0.2) is 0 Å². The number of carbonyl (C=O) groups is 2. The zero-order valence-electron chi connectivity index (χ0n) is 9.88. The Morgan fingerprint density at radius 2 is 1.82 bits per heavy atom. The Kier molecular flexibility index (Phi) is 2.02. The molecule has 0 unspecified atom stereocenters. The van der Waals surface area contributed by atoms with Crippen molar-refractivity contribution in [1.29, 1.82) is 0 Å². The molecule has 4 nitrogen and oxygen atoms in total. The lowest BCUT2D eigenvalue weighted by atomic mass is 9.83. The van der Waals surface area contributed by atoms with E-state index in [0.717, 1.165) is 11.3 Å². The molecule has 0 aromatic heterocycles. The number of imide groups is 1. The number of nitrogens with zero attached hydrogens (tertiary/aromatic N) is 2. The first-order valence-corrected chi connectivity index (χ1v) is 5.72. The van der Waals surface area contributed by atoms with E-state index >= 15 is 0 Å². The zero-order valence-corrected chi connectivity index (χ0v) is 9.88. The molecule has 1 aromatic carbocycles. The van der Waals surface area contributed by atoms with Gasteiger partial charge in [0.15, 0.2) is 0 Å². The maximum absolute atomic E-state index is 12.1. The van der Waals surface area contributed by atoms with Crippen LogP contribution in [-0.4, -0.2) is 37.4 Å². The highest BCUT2D eigenvalue weighted by molar-refractivity contribution is 6.08. The van der Waals surface area contributed by atoms with Gasteiger partial charge in [-0.2, -0.15) is 0 Å². The number of rotatable bonds is 0. The lowest BCUT2D eigenvalue weighted by molar-refractivity contribution is -0.137. The van der Waals surface area contributed by atoms with Crippen LogP contribution in [0.2, 0.25) is 0 Å². The first-order chi connectivity index (χ1) is 8.11. The summed E-state index contributed by atoms with van der Waals surface area (Å²) in [6, 6.07) is 7.83. The van der Waals surface area contributed by atoms with Gasteiger partial charge in [-0.1, -0.05) is 18.2 Å². The van der Waals surface area contributed by atoms with Crippen LogP contribution >= 0.6 is 0 Å². The fourth-order valence-corrected chi connectivity index (χ4v) is 2.91. The van der Waals surface area contributed by atoms with Crippen molar-refractivity contribution in [2.24, 2.45) is 5.92 Å². The molecule has 0 N–H and O–H groups in total. The molecule has 2 heterocycles. The number of likely N-dealkylation sites (N-methyl/N-ethyl adjacent to an activating group) is 1. The second-order valence-electron chi connectivity index (χ2n) is 4.76. The van der Waals surface area contributed by atoms with Gasteiger partial charge in [0.2, 0.25) is 11.8 Å². The van der Waals surface area contributed by atoms with Crippen molar-refractivity contribution in [3.05, 3.63) is 29.8 Å². The summed E-state index contributed by atoms with van der Waals surface area (Å²) in [5, 5.41) is 0. The van der Waals surface area contributed by atoms with E-state index in [4.69, 9.17) is 0 Å². The lowest BCUT2D eigenvalue weighted by Crippen LogP contribution is -2.37. The van der Waals surface area contributed by atoms with Gasteiger partial charge < -0.3 is 4.90 Å². The minimum Gasteiger partial charge on any atom is -0.374 e. The van der Waals surface area contributed by atoms with Crippen molar-refractivity contribution in [2.75, 3.05) is 25.5 Å². The molecule has 1 saturated heterocycles. The maximum Gasteiger partial charge on any atom is 0.237 e. The van der Waals surface area contributed by atoms with Crippen molar-refractivity contribution >= 4 is 17.5 Å². The Morgan fingerprint density at radius 3 is 2.59 bits per heavy atom. The van der Waals surface area contributed by atoms with Crippen LogP contribution in [0.5, 0.6) is 0 Å². The van der Waals surface area contributed by atoms with Gasteiger partial charge in [-0.15, -0.1) is 0 Å². The highest BCUT2D eigenvalue weighted by atomic mass is 16.2. The van der Waals surface area contributed by atoms with Gasteiger partial charge in [0.1, 0.15) is 0 Å². The minimum absolute atomic E-state index is 0.0543. The van der Waals surface area contributed by atoms with E-state index in [1.165, 1.54) is 4.90 Å². The molecule has 2 aliphatic rings. The van der Waals surface area contributed by atoms with Gasteiger partial charge in [-0.05, 0) is 11.6 Å². The van der Waals surface area contributed by atoms with E-state index in [1.54, 1.807) is 7.05 Å². The molecule has 1 aromatic rings. The minimum atomic E-state index is -0.278. The maximum atomic E-state index is 12.1. The van der Waals surface area contributed by atoms with Gasteiger partial charge in [0.05, 0.1) is 11.8 Å². The van der Waals surface area contributed by atoms with Gasteiger partial charge in [0, 0.05) is 26.3 Å². The van der Waals surface area contributed by atoms with E-state index in [0.29, 0.717) is 6.54 Å². The summed E-state index contributed by atoms with van der Waals surface area (Å²) in [5.41, 5.74) is 2.04. The standard InChI is InChI=1S/C13H14N2O2/c1-14-7-9-11(13(17)15(2)12(9)16)8-5-3-4-6-10(8)14/h3-6,9,11H,7H2,1-2H3/t9-,11+/m0/s1. The van der Waals surface area contributed by atoms with Crippen LogP contribution in [0.4, 0.5) is 5.69 Å². The number of amides is 2. The third kappa shape index (κ3) is 1.24. The Morgan fingerprint density at radius 1 is 1.12 bits per heavy atom. The van der Waals surface area contributed by atoms with Gasteiger partial charge >= 0.3 is 0 Å². The largest absolute Gasteiger partial charge is 0.374 e. The third-order valence-electron chi connectivity index (χ3n) is 3.80. The summed E-state index contributed by atoms with van der Waals surface area (Å²) in [5.74, 6) is -0.616. The number of carbonyl (C=O) groups excluding carboxylic acids is 2. The number of para-hydroxylation sites is 1. The summed E-state index contributed by atoms with van der Waals surface area (Å²) >= 11 is 0. The van der Waals surface area contributed by atoms with Crippen LogP contribution in [-0.2, 0) is 9.59 Å². The molecule has 0 radical (unpaired) electrons. The molecule has 3 rings (SSSR count). The van der Waals surface area contributed by atoms with E-state index < -0.39 is 0 Å². The fraction of sp³-hybridized carbons (Fsp3) is 0.385. The number of anilines is 1. The molecule has 17 heavy (non-hydrogen) atoms. The molecular formula is C13H14N2O2. The average Bonchev–Trinajstić information content (AvgIpc) is 2.55. The Hall–Kier alpha value is -1.84. The predicted molar refractivity (Wildman–Crippen MR) is 63.7 cm³/mol. The number of likely N-dealkylation sites (tertiary alicyclic amines) is 1. The molecule has 0 bridgehead atoms. The van der Waals surface area contributed by atoms with Crippen molar-refractivity contribution in [1.82, 2.24) is 4.90 Å². The molecule has 88 valence electrons. The van der Waals surface area contributed by atoms with Gasteiger partial charge in [0.25, 0.3) is 0 Å². The second-order valence-corrected chi connectivity index (χ2v) is 4.76. The van der Waals surface area contributed by atoms with Crippen LogP contribution in [0.1, 0.15) is 11.5 Å². The predicted octanol–water partition coefficient (Wildman–Crippen LogP) is 0.835. The zero-order chi connectivity index (χ0) is 12.2. The van der Waals surface area contributed by atoms with E-state index in [9.17, 15) is 9.59 Å². The van der Waals surface area contributed by atoms with E-state index in [2.05, 4.69) is 4.90 Å². The van der Waals surface area contributed by atoms with E-state index in [-0.39, 0.29) is 23.7 Å². The summed E-state index contributed by atoms with van der Waals surface area (Å²) in [6.45, 7) is 0.622. The lowest BCUT2D eigenvalue weighted by Gasteiger charge is -2.33. The Balaban J connectivity index is 2.16. The van der Waals surface area contributed by atoms with Crippen molar-refractivity contribution < 1.29 is 9.59 Å². The summed E-state index contributed by atoms with van der Waals surface area (Å²) in [4.78, 5) is 27.4. The van der Waals surface area contributed by atoms with Gasteiger partial charge in [-0.3, -0.25) is 14.5 Å². The van der Waals surface area contributed by atoms with Crippen LogP contribution in [0, 0.1) is 5.92 Å². The van der Waals surface area contributed by atoms with Crippen LogP contribution < -0.4 is 4.90 Å². The van der Waals surface area contributed by atoms with Crippen molar-refractivity contribution in [2.45, 2.75) is 5.92 Å². The molecule has 0 aliphatic carbocycles. The molecule has 2 amide bonds. The number of fused-ring (bicyclic) bond motifs is 3. The monoisotopic (exact) mass is 230 g/mol. The van der Waals surface area contributed by atoms with Crippen LogP contribution in [0.25, 0.3) is 0 Å². The summed E-state index contributed by atoms with van der Waals surface area (Å²) in [7, 11) is 3.54. The normalized spacial score (nSPS) is 27.2. The molecule has 4 heteroatoms. The molecular weight excluding hydrogens is 216 g/mol. The first-order valence-electron chi connectivity index (χ1n) is 5.72. The van der Waals surface area contributed by atoms with Crippen molar-refractivity contribution in [3.8, 4) is 0 Å². The van der Waals surface area contributed by atoms with Crippen LogP contribution in [0.15, 0.2) is 24.3 Å². The molecule has 2 aliphatic heterocycles. The summed E-state index contributed by atoms with van der Waals surface area (Å²) in [6.07, 6.45) is 0. The third-order valence-corrected chi connectivity index (χ3v) is 3.80. The molecule has 1 fully saturated rings. The van der Waals surface area contributed by atoms with Crippen molar-refractivity contribution in [3.63, 3.8) is 0 Å². The smallest absolute Gasteiger partial charge is 0.237 e. The molecule has 2 atom stereocenters. The topological polar surface area (TPSA) is 40.6 Å². The molecule has 0 spiro atoms. The highest BCUT2D eigenvalue weighted by Crippen LogP contribution is 2.42. The second kappa shape index (κ2) is 3.32. The SMILES string of the molecule is CN1C(=O)[C@H]2CN(C)c3ccccc3[C@H]2C1=O. The summed E-state index contributed by atoms with van der Waals surface area (Å²) < 4.78 is 0. The van der Waals surface area contributed by atoms with E-state index in [1.807, 2.05) is 31.3 Å². The molecule has 0 saturated carbocycles. The van der Waals surface area contributed by atoms with Crippen LogP contribution in [0.3, 0.4) is 0 Å². The average molecular weight is 230 g/mol. The quantitative estimate of drug-likeness (QED) is 0.620. The fourth-order valence-electron chi connectivity index (χ4n) is 2.91. The Bertz CT molecular complexity index is 512.